The summed E-state index contributed by atoms with van der Waals surface area (Å²) in [5.41, 5.74) is 1.06. The number of Topliss-reactive ketones (excluding diaryl/α,β-unsaturated/α-hetero) is 1. The lowest BCUT2D eigenvalue weighted by molar-refractivity contribution is -0.166. The normalized spacial score (nSPS) is 27.4. The second kappa shape index (κ2) is 11.4. The van der Waals surface area contributed by atoms with Crippen LogP contribution in [-0.2, 0) is 20.9 Å². The molecule has 0 spiro atoms. The van der Waals surface area contributed by atoms with Crippen LogP contribution in [0.25, 0.3) is 0 Å². The second-order valence-electron chi connectivity index (χ2n) is 12.6. The molecule has 1 saturated heterocycles. The number of carbonyl (C=O) groups is 3. The van der Waals surface area contributed by atoms with Crippen molar-refractivity contribution in [2.45, 2.75) is 70.7 Å². The number of esters is 1. The predicted octanol–water partition coefficient (Wildman–Crippen LogP) is 6.61. The smallest absolute Gasteiger partial charge is 0.342 e. The van der Waals surface area contributed by atoms with Gasteiger partial charge in [0.15, 0.2) is 5.78 Å². The van der Waals surface area contributed by atoms with Crippen LogP contribution in [0.2, 0.25) is 0 Å². The maximum atomic E-state index is 15.0. The van der Waals surface area contributed by atoms with Crippen LogP contribution in [0, 0.1) is 17.8 Å². The molecule has 218 valence electrons. The number of hydrogen-bond donors (Lipinski definition) is 0. The first-order chi connectivity index (χ1) is 20.3. The highest BCUT2D eigenvalue weighted by atomic mass is 16.5. The fourth-order valence-electron chi connectivity index (χ4n) is 7.54. The predicted molar refractivity (Wildman–Crippen MR) is 163 cm³/mol. The molecule has 1 amide bonds. The first-order valence-electron chi connectivity index (χ1n) is 15.3. The topological polar surface area (TPSA) is 66.9 Å². The Labute approximate surface area is 248 Å². The molecular weight excluding hydrogens is 524 g/mol. The number of amides is 1. The van der Waals surface area contributed by atoms with E-state index in [1.807, 2.05) is 83.8 Å². The van der Waals surface area contributed by atoms with E-state index in [-0.39, 0.29) is 36.7 Å². The number of anilines is 1. The molecule has 42 heavy (non-hydrogen) atoms. The number of para-hydroxylation sites is 1. The molecule has 1 aliphatic carbocycles. The molecule has 3 aromatic carbocycles. The number of hydrogen-bond acceptors (Lipinski definition) is 5. The molecule has 2 heterocycles. The molecule has 3 aromatic rings. The van der Waals surface area contributed by atoms with Gasteiger partial charge in [-0.25, -0.2) is 4.79 Å². The van der Waals surface area contributed by atoms with Gasteiger partial charge in [-0.2, -0.15) is 0 Å². The zero-order chi connectivity index (χ0) is 29.4. The molecule has 5 unspecified atom stereocenters. The first-order valence-corrected chi connectivity index (χ1v) is 15.3. The largest absolute Gasteiger partial charge is 0.460 e. The standard InChI is InChI=1S/C36H40N2O4/c1-24(2)28-19-18-25(3)22-31(28)42-35(41)36-32(39)20-21-38(36)30-17-11-10-16-29(30)34(40)37(23-26-12-6-4-7-13-26)33(36)27-14-8-5-9-15-27/h4-17,24-25,28,31,33H,18-23H2,1-3H3. The average molecular weight is 565 g/mol. The fourth-order valence-corrected chi connectivity index (χ4v) is 7.54. The van der Waals surface area contributed by atoms with E-state index in [1.54, 1.807) is 11.0 Å². The average Bonchev–Trinajstić information content (AvgIpc) is 3.30. The lowest BCUT2D eigenvalue weighted by atomic mass is 9.75. The van der Waals surface area contributed by atoms with E-state index in [1.165, 1.54) is 0 Å². The summed E-state index contributed by atoms with van der Waals surface area (Å²) in [6.45, 7) is 7.16. The van der Waals surface area contributed by atoms with Crippen LogP contribution in [0.3, 0.4) is 0 Å². The van der Waals surface area contributed by atoms with Crippen molar-refractivity contribution in [3.05, 3.63) is 102 Å². The van der Waals surface area contributed by atoms with E-state index < -0.39 is 17.6 Å². The van der Waals surface area contributed by atoms with Crippen LogP contribution in [0.5, 0.6) is 0 Å². The molecular formula is C36H40N2O4. The maximum Gasteiger partial charge on any atom is 0.342 e. The highest BCUT2D eigenvalue weighted by Gasteiger charge is 2.65. The number of rotatable bonds is 6. The van der Waals surface area contributed by atoms with Crippen molar-refractivity contribution in [2.24, 2.45) is 17.8 Å². The number of ketones is 1. The summed E-state index contributed by atoms with van der Waals surface area (Å²) >= 11 is 0. The molecule has 6 heteroatoms. The summed E-state index contributed by atoms with van der Waals surface area (Å²) in [5.74, 6) is 0.0617. The summed E-state index contributed by atoms with van der Waals surface area (Å²) in [6, 6.07) is 25.8. The third kappa shape index (κ3) is 4.71. The van der Waals surface area contributed by atoms with Crippen LogP contribution in [0.4, 0.5) is 5.69 Å². The molecule has 6 nitrogen and oxygen atoms in total. The summed E-state index contributed by atoms with van der Waals surface area (Å²) in [6.07, 6.45) is 2.80. The number of nitrogens with zero attached hydrogens (tertiary/aromatic N) is 2. The Morgan fingerprint density at radius 2 is 1.60 bits per heavy atom. The van der Waals surface area contributed by atoms with Crippen LogP contribution < -0.4 is 4.90 Å². The van der Waals surface area contributed by atoms with Gasteiger partial charge in [0.25, 0.3) is 5.91 Å². The van der Waals surface area contributed by atoms with Crippen molar-refractivity contribution < 1.29 is 19.1 Å². The third-order valence-electron chi connectivity index (χ3n) is 9.65. The third-order valence-corrected chi connectivity index (χ3v) is 9.65. The van der Waals surface area contributed by atoms with Gasteiger partial charge >= 0.3 is 5.97 Å². The van der Waals surface area contributed by atoms with Crippen molar-refractivity contribution in [3.8, 4) is 0 Å². The summed E-state index contributed by atoms with van der Waals surface area (Å²) in [7, 11) is 0. The monoisotopic (exact) mass is 564 g/mol. The van der Waals surface area contributed by atoms with Gasteiger partial charge in [0.1, 0.15) is 6.10 Å². The number of benzene rings is 3. The Kier molecular flexibility index (Phi) is 7.65. The van der Waals surface area contributed by atoms with Gasteiger partial charge in [0, 0.05) is 19.5 Å². The van der Waals surface area contributed by atoms with E-state index in [4.69, 9.17) is 4.74 Å². The van der Waals surface area contributed by atoms with Gasteiger partial charge in [-0.1, -0.05) is 100.0 Å². The molecule has 2 aliphatic heterocycles. The number of fused-ring (bicyclic) bond motifs is 3. The van der Waals surface area contributed by atoms with Crippen LogP contribution in [0.15, 0.2) is 84.9 Å². The van der Waals surface area contributed by atoms with Gasteiger partial charge in [-0.15, -0.1) is 0 Å². The Balaban J connectivity index is 1.56. The van der Waals surface area contributed by atoms with Crippen molar-refractivity contribution in [3.63, 3.8) is 0 Å². The van der Waals surface area contributed by atoms with E-state index in [0.29, 0.717) is 29.6 Å². The van der Waals surface area contributed by atoms with Crippen LogP contribution in [-0.4, -0.2) is 40.7 Å². The summed E-state index contributed by atoms with van der Waals surface area (Å²) in [5, 5.41) is 0. The van der Waals surface area contributed by atoms with E-state index in [9.17, 15) is 14.4 Å². The SMILES string of the molecule is CC1CCC(C(C)C)C(OC(=O)C23C(=O)CCN2c2ccccc2C(=O)N(Cc2ccccc2)C3c2ccccc2)C1. The van der Waals surface area contributed by atoms with Crippen LogP contribution in [0.1, 0.15) is 74.0 Å². The Morgan fingerprint density at radius 3 is 2.31 bits per heavy atom. The second-order valence-corrected chi connectivity index (χ2v) is 12.6. The van der Waals surface area contributed by atoms with E-state index >= 15 is 0 Å². The Morgan fingerprint density at radius 1 is 0.929 bits per heavy atom. The molecule has 6 rings (SSSR count). The van der Waals surface area contributed by atoms with E-state index in [2.05, 4.69) is 20.8 Å². The lowest BCUT2D eigenvalue weighted by Gasteiger charge is -2.46. The quantitative estimate of drug-likeness (QED) is 0.249. The minimum Gasteiger partial charge on any atom is -0.460 e. The number of carbonyl (C=O) groups excluding carboxylic acids is 3. The van der Waals surface area contributed by atoms with E-state index in [0.717, 1.165) is 30.4 Å². The molecule has 5 atom stereocenters. The Bertz CT molecular complexity index is 1460. The maximum absolute atomic E-state index is 15.0. The van der Waals surface area contributed by atoms with Gasteiger partial charge in [-0.05, 0) is 53.9 Å². The minimum atomic E-state index is -1.71. The molecule has 2 fully saturated rings. The lowest BCUT2D eigenvalue weighted by Crippen LogP contribution is -2.64. The van der Waals surface area contributed by atoms with Crippen LogP contribution >= 0.6 is 0 Å². The molecule has 0 aromatic heterocycles. The van der Waals surface area contributed by atoms with Crippen molar-refractivity contribution in [1.82, 2.24) is 4.90 Å². The van der Waals surface area contributed by atoms with Gasteiger partial charge < -0.3 is 14.5 Å². The minimum absolute atomic E-state index is 0.200. The molecule has 1 saturated carbocycles. The van der Waals surface area contributed by atoms with Crippen molar-refractivity contribution in [1.29, 1.82) is 0 Å². The Hall–Kier alpha value is -3.93. The molecule has 0 radical (unpaired) electrons. The first kappa shape index (κ1) is 28.2. The zero-order valence-corrected chi connectivity index (χ0v) is 24.7. The summed E-state index contributed by atoms with van der Waals surface area (Å²) in [4.78, 5) is 47.6. The van der Waals surface area contributed by atoms with Crippen molar-refractivity contribution in [2.75, 3.05) is 11.4 Å². The van der Waals surface area contributed by atoms with Crippen molar-refractivity contribution >= 4 is 23.3 Å². The molecule has 0 bridgehead atoms. The molecule has 0 N–H and O–H groups in total. The molecule has 3 aliphatic rings. The van der Waals surface area contributed by atoms with Gasteiger partial charge in [0.2, 0.25) is 5.54 Å². The van der Waals surface area contributed by atoms with Gasteiger partial charge in [0.05, 0.1) is 17.3 Å². The summed E-state index contributed by atoms with van der Waals surface area (Å²) < 4.78 is 6.57. The highest BCUT2D eigenvalue weighted by Crippen LogP contribution is 2.50. The van der Waals surface area contributed by atoms with Gasteiger partial charge in [-0.3, -0.25) is 9.59 Å². The highest BCUT2D eigenvalue weighted by molar-refractivity contribution is 6.17. The zero-order valence-electron chi connectivity index (χ0n) is 24.7. The number of ether oxygens (including phenoxy) is 1. The fraction of sp³-hybridized carbons (Fsp3) is 0.417.